The number of anilines is 1. The fourth-order valence-electron chi connectivity index (χ4n) is 1.67. The van der Waals surface area contributed by atoms with E-state index in [1.165, 1.54) is 12.3 Å². The van der Waals surface area contributed by atoms with Crippen molar-refractivity contribution >= 4 is 32.9 Å². The number of nitrogens with one attached hydrogen (secondary N) is 2. The van der Waals surface area contributed by atoms with Gasteiger partial charge >= 0.3 is 0 Å². The first-order valence-electron chi connectivity index (χ1n) is 5.99. The molecule has 0 bridgehead atoms. The predicted molar refractivity (Wildman–Crippen MR) is 81.1 cm³/mol. The number of aromatic amines is 1. The third-order valence-corrected chi connectivity index (χ3v) is 4.22. The number of H-pyrrole nitrogens is 1. The van der Waals surface area contributed by atoms with E-state index < -0.39 is 15.8 Å². The summed E-state index contributed by atoms with van der Waals surface area (Å²) in [5, 5.41) is -0.0856. The van der Waals surface area contributed by atoms with E-state index in [4.69, 9.17) is 18.0 Å². The fourth-order valence-corrected chi connectivity index (χ4v) is 2.86. The molecular formula is C12H13FN4O2S2. The standard InChI is InChI=1S/C12H13FN4O2S2/c1-2-10-15-6-11(16-10)21(18,19)17-9-4-3-7(13)5-8(9)12(14)20/h3-6,17H,2H2,1H3,(H2,14,20)(H,15,16). The van der Waals surface area contributed by atoms with Crippen LogP contribution in [-0.4, -0.2) is 23.4 Å². The van der Waals surface area contributed by atoms with Crippen molar-refractivity contribution in [1.29, 1.82) is 0 Å². The maximum Gasteiger partial charge on any atom is 0.279 e. The number of hydrogen-bond acceptors (Lipinski definition) is 4. The number of thiocarbonyl (C=S) groups is 1. The maximum atomic E-state index is 13.2. The molecule has 2 aromatic rings. The van der Waals surface area contributed by atoms with E-state index in [2.05, 4.69) is 14.7 Å². The van der Waals surface area contributed by atoms with Gasteiger partial charge < -0.3 is 10.7 Å². The monoisotopic (exact) mass is 328 g/mol. The molecule has 1 heterocycles. The number of hydrogen-bond donors (Lipinski definition) is 3. The molecule has 0 aliphatic carbocycles. The van der Waals surface area contributed by atoms with Crippen molar-refractivity contribution in [1.82, 2.24) is 9.97 Å². The molecule has 4 N–H and O–H groups in total. The Morgan fingerprint density at radius 1 is 1.52 bits per heavy atom. The van der Waals surface area contributed by atoms with Gasteiger partial charge in [0.1, 0.15) is 16.6 Å². The quantitative estimate of drug-likeness (QED) is 0.723. The summed E-state index contributed by atoms with van der Waals surface area (Å²) in [5.74, 6) is -0.0143. The number of benzene rings is 1. The van der Waals surface area contributed by atoms with Crippen LogP contribution in [0.3, 0.4) is 0 Å². The lowest BCUT2D eigenvalue weighted by atomic mass is 10.2. The SMILES string of the molecule is CCc1ncc(S(=O)(=O)Nc2ccc(F)cc2C(N)=S)[nH]1. The minimum Gasteiger partial charge on any atom is -0.389 e. The van der Waals surface area contributed by atoms with Crippen LogP contribution in [0, 0.1) is 5.82 Å². The van der Waals surface area contributed by atoms with Gasteiger partial charge in [0, 0.05) is 12.0 Å². The lowest BCUT2D eigenvalue weighted by Crippen LogP contribution is -2.18. The highest BCUT2D eigenvalue weighted by molar-refractivity contribution is 7.92. The second-order valence-electron chi connectivity index (χ2n) is 4.21. The van der Waals surface area contributed by atoms with E-state index in [0.29, 0.717) is 12.2 Å². The summed E-state index contributed by atoms with van der Waals surface area (Å²) < 4.78 is 40.0. The molecule has 0 aliphatic heterocycles. The minimum absolute atomic E-state index is 0.0856. The molecule has 0 radical (unpaired) electrons. The highest BCUT2D eigenvalue weighted by Crippen LogP contribution is 2.20. The van der Waals surface area contributed by atoms with E-state index in [1.807, 2.05) is 6.92 Å². The summed E-state index contributed by atoms with van der Waals surface area (Å²) in [6, 6.07) is 3.45. The molecule has 112 valence electrons. The van der Waals surface area contributed by atoms with Crippen molar-refractivity contribution in [3.05, 3.63) is 41.6 Å². The van der Waals surface area contributed by atoms with Gasteiger partial charge in [-0.3, -0.25) is 4.72 Å². The van der Waals surface area contributed by atoms with Crippen molar-refractivity contribution in [2.45, 2.75) is 18.4 Å². The molecule has 21 heavy (non-hydrogen) atoms. The molecule has 0 spiro atoms. The van der Waals surface area contributed by atoms with Gasteiger partial charge in [0.05, 0.1) is 11.9 Å². The Hall–Kier alpha value is -2.00. The average Bonchev–Trinajstić information content (AvgIpc) is 2.90. The van der Waals surface area contributed by atoms with Crippen molar-refractivity contribution in [3.8, 4) is 0 Å². The van der Waals surface area contributed by atoms with Crippen LogP contribution in [0.1, 0.15) is 18.3 Å². The van der Waals surface area contributed by atoms with Gasteiger partial charge in [0.25, 0.3) is 10.0 Å². The zero-order valence-electron chi connectivity index (χ0n) is 11.1. The number of imidazole rings is 1. The molecule has 0 saturated heterocycles. The van der Waals surface area contributed by atoms with Crippen molar-refractivity contribution < 1.29 is 12.8 Å². The number of nitrogens with zero attached hydrogens (tertiary/aromatic N) is 1. The van der Waals surface area contributed by atoms with Crippen molar-refractivity contribution in [3.63, 3.8) is 0 Å². The lowest BCUT2D eigenvalue weighted by Gasteiger charge is -2.10. The molecule has 2 rings (SSSR count). The van der Waals surface area contributed by atoms with E-state index in [0.717, 1.165) is 12.1 Å². The Labute approximate surface area is 126 Å². The molecule has 0 amide bonds. The third kappa shape index (κ3) is 3.37. The van der Waals surface area contributed by atoms with E-state index in [-0.39, 0.29) is 21.3 Å². The molecule has 0 aliphatic rings. The summed E-state index contributed by atoms with van der Waals surface area (Å²) in [6.45, 7) is 1.84. The Morgan fingerprint density at radius 2 is 2.24 bits per heavy atom. The summed E-state index contributed by atoms with van der Waals surface area (Å²) in [5.41, 5.74) is 5.70. The zero-order chi connectivity index (χ0) is 15.6. The van der Waals surface area contributed by atoms with Crippen LogP contribution in [0.2, 0.25) is 0 Å². The second-order valence-corrected chi connectivity index (χ2v) is 6.30. The van der Waals surface area contributed by atoms with Crippen LogP contribution in [-0.2, 0) is 16.4 Å². The van der Waals surface area contributed by atoms with Gasteiger partial charge in [-0.15, -0.1) is 0 Å². The molecule has 1 aromatic heterocycles. The summed E-state index contributed by atoms with van der Waals surface area (Å²) >= 11 is 4.79. The molecule has 6 nitrogen and oxygen atoms in total. The van der Waals surface area contributed by atoms with Crippen LogP contribution >= 0.6 is 12.2 Å². The number of nitrogens with two attached hydrogens (primary N) is 1. The summed E-state index contributed by atoms with van der Waals surface area (Å²) in [4.78, 5) is 6.51. The van der Waals surface area contributed by atoms with Gasteiger partial charge in [-0.05, 0) is 18.2 Å². The van der Waals surface area contributed by atoms with Gasteiger partial charge in [0.15, 0.2) is 5.03 Å². The number of aryl methyl sites for hydroxylation is 1. The third-order valence-electron chi connectivity index (χ3n) is 2.72. The van der Waals surface area contributed by atoms with Crippen LogP contribution < -0.4 is 10.5 Å². The van der Waals surface area contributed by atoms with Crippen LogP contribution in [0.4, 0.5) is 10.1 Å². The first-order valence-corrected chi connectivity index (χ1v) is 7.88. The molecule has 0 saturated carbocycles. The Balaban J connectivity index is 2.39. The number of rotatable bonds is 5. The topological polar surface area (TPSA) is 101 Å². The van der Waals surface area contributed by atoms with E-state index >= 15 is 0 Å². The largest absolute Gasteiger partial charge is 0.389 e. The maximum absolute atomic E-state index is 13.2. The molecule has 1 aromatic carbocycles. The molecule has 0 atom stereocenters. The van der Waals surface area contributed by atoms with E-state index in [1.54, 1.807) is 0 Å². The summed E-state index contributed by atoms with van der Waals surface area (Å²) in [6.07, 6.45) is 1.79. The van der Waals surface area contributed by atoms with Gasteiger partial charge in [-0.2, -0.15) is 8.42 Å². The second kappa shape index (κ2) is 5.78. The fraction of sp³-hybridized carbons (Fsp3) is 0.167. The molecule has 0 unspecified atom stereocenters. The Kier molecular flexibility index (Phi) is 4.24. The normalized spacial score (nSPS) is 11.3. The minimum atomic E-state index is -3.88. The zero-order valence-corrected chi connectivity index (χ0v) is 12.7. The van der Waals surface area contributed by atoms with Crippen LogP contribution in [0.5, 0.6) is 0 Å². The van der Waals surface area contributed by atoms with Crippen molar-refractivity contribution in [2.75, 3.05) is 4.72 Å². The van der Waals surface area contributed by atoms with Crippen LogP contribution in [0.25, 0.3) is 0 Å². The number of aromatic nitrogens is 2. The van der Waals surface area contributed by atoms with Crippen LogP contribution in [0.15, 0.2) is 29.4 Å². The number of halogens is 1. The van der Waals surface area contributed by atoms with Crippen molar-refractivity contribution in [2.24, 2.45) is 5.73 Å². The smallest absolute Gasteiger partial charge is 0.279 e. The van der Waals surface area contributed by atoms with E-state index in [9.17, 15) is 12.8 Å². The average molecular weight is 328 g/mol. The number of sulfonamides is 1. The highest BCUT2D eigenvalue weighted by atomic mass is 32.2. The first kappa shape index (κ1) is 15.4. The molecule has 9 heteroatoms. The van der Waals surface area contributed by atoms with Gasteiger partial charge in [-0.25, -0.2) is 9.37 Å². The summed E-state index contributed by atoms with van der Waals surface area (Å²) in [7, 11) is -3.88. The Morgan fingerprint density at radius 3 is 2.81 bits per heavy atom. The predicted octanol–water partition coefficient (Wildman–Crippen LogP) is 1.55. The highest BCUT2D eigenvalue weighted by Gasteiger charge is 2.19. The molecule has 0 fully saturated rings. The Bertz CT molecular complexity index is 786. The lowest BCUT2D eigenvalue weighted by molar-refractivity contribution is 0.597. The van der Waals surface area contributed by atoms with Gasteiger partial charge in [-0.1, -0.05) is 19.1 Å². The molecular weight excluding hydrogens is 315 g/mol. The first-order chi connectivity index (χ1) is 9.83. The van der Waals surface area contributed by atoms with Gasteiger partial charge in [0.2, 0.25) is 0 Å².